The first-order chi connectivity index (χ1) is 14.7. The number of likely N-dealkylation sites (tertiary alicyclic amines) is 1. The van der Waals surface area contributed by atoms with Crippen molar-refractivity contribution in [1.82, 2.24) is 24.4 Å². The van der Waals surface area contributed by atoms with Crippen molar-refractivity contribution in [3.05, 3.63) is 54.2 Å². The van der Waals surface area contributed by atoms with Gasteiger partial charge in [0, 0.05) is 37.7 Å². The van der Waals surface area contributed by atoms with Crippen molar-refractivity contribution in [3.8, 4) is 0 Å². The fourth-order valence-corrected chi connectivity index (χ4v) is 4.91. The van der Waals surface area contributed by atoms with Gasteiger partial charge in [0.25, 0.3) is 5.91 Å². The van der Waals surface area contributed by atoms with Crippen molar-refractivity contribution >= 4 is 17.1 Å². The molecule has 1 unspecified atom stereocenters. The van der Waals surface area contributed by atoms with Gasteiger partial charge in [0.1, 0.15) is 5.52 Å². The van der Waals surface area contributed by atoms with Gasteiger partial charge in [-0.05, 0) is 49.3 Å². The van der Waals surface area contributed by atoms with Crippen LogP contribution >= 0.6 is 0 Å². The zero-order valence-electron chi connectivity index (χ0n) is 17.0. The molecule has 3 aromatic rings. The molecule has 0 spiro atoms. The fraction of sp³-hybridized carbons (Fsp3) is 0.478. The van der Waals surface area contributed by atoms with Crippen LogP contribution < -0.4 is 0 Å². The van der Waals surface area contributed by atoms with Crippen LogP contribution in [0.2, 0.25) is 0 Å². The van der Waals surface area contributed by atoms with E-state index in [1.165, 1.54) is 25.7 Å². The van der Waals surface area contributed by atoms with Gasteiger partial charge in [-0.15, -0.1) is 0 Å². The topological polar surface area (TPSA) is 84.1 Å². The number of nitrogens with zero attached hydrogens (tertiary/aromatic N) is 5. The third-order valence-corrected chi connectivity index (χ3v) is 6.68. The Morgan fingerprint density at radius 3 is 2.63 bits per heavy atom. The quantitative estimate of drug-likeness (QED) is 0.718. The van der Waals surface area contributed by atoms with Gasteiger partial charge >= 0.3 is 0 Å². The summed E-state index contributed by atoms with van der Waals surface area (Å²) in [4.78, 5) is 28.1. The normalized spacial score (nSPS) is 19.4. The van der Waals surface area contributed by atoms with Gasteiger partial charge in [-0.2, -0.15) is 0 Å². The SMILES string of the molecule is O=C(c1cnc2c(c1)ncn2C1CCCC1)N1CCC(C(O)c2cccnc2)CC1. The predicted octanol–water partition coefficient (Wildman–Crippen LogP) is 3.53. The lowest BCUT2D eigenvalue weighted by molar-refractivity contribution is 0.0461. The molecule has 1 atom stereocenters. The summed E-state index contributed by atoms with van der Waals surface area (Å²) in [6, 6.07) is 6.09. The van der Waals surface area contributed by atoms with E-state index < -0.39 is 6.10 Å². The summed E-state index contributed by atoms with van der Waals surface area (Å²) in [6.45, 7) is 1.27. The Bertz CT molecular complexity index is 1020. The third-order valence-electron chi connectivity index (χ3n) is 6.68. The van der Waals surface area contributed by atoms with Crippen LogP contribution in [0.4, 0.5) is 0 Å². The maximum absolute atomic E-state index is 13.0. The molecule has 1 saturated carbocycles. The van der Waals surface area contributed by atoms with Crippen molar-refractivity contribution < 1.29 is 9.90 Å². The van der Waals surface area contributed by atoms with Crippen LogP contribution in [0.15, 0.2) is 43.1 Å². The summed E-state index contributed by atoms with van der Waals surface area (Å²) in [5.41, 5.74) is 3.09. The highest BCUT2D eigenvalue weighted by Gasteiger charge is 2.29. The number of carbonyl (C=O) groups is 1. The monoisotopic (exact) mass is 405 g/mol. The third kappa shape index (κ3) is 3.58. The molecule has 1 amide bonds. The van der Waals surface area contributed by atoms with Crippen LogP contribution in [0.1, 0.15) is 66.6 Å². The second-order valence-electron chi connectivity index (χ2n) is 8.52. The summed E-state index contributed by atoms with van der Waals surface area (Å²) in [5.74, 6) is 0.134. The maximum Gasteiger partial charge on any atom is 0.255 e. The molecular formula is C23H27N5O2. The number of hydrogen-bond acceptors (Lipinski definition) is 5. The second-order valence-corrected chi connectivity index (χ2v) is 8.52. The molecule has 0 bridgehead atoms. The van der Waals surface area contributed by atoms with E-state index in [9.17, 15) is 9.90 Å². The van der Waals surface area contributed by atoms with Crippen molar-refractivity contribution in [2.24, 2.45) is 5.92 Å². The molecule has 7 heteroatoms. The molecule has 1 aliphatic heterocycles. The molecule has 30 heavy (non-hydrogen) atoms. The van der Waals surface area contributed by atoms with Gasteiger partial charge in [0.2, 0.25) is 0 Å². The minimum Gasteiger partial charge on any atom is -0.388 e. The first kappa shape index (κ1) is 19.2. The Morgan fingerprint density at radius 2 is 1.90 bits per heavy atom. The van der Waals surface area contributed by atoms with Crippen molar-refractivity contribution in [2.45, 2.75) is 50.7 Å². The van der Waals surface area contributed by atoms with E-state index in [1.54, 1.807) is 18.6 Å². The van der Waals surface area contributed by atoms with Gasteiger partial charge in [0.05, 0.1) is 18.0 Å². The molecule has 3 aromatic heterocycles. The van der Waals surface area contributed by atoms with E-state index in [4.69, 9.17) is 0 Å². The van der Waals surface area contributed by atoms with E-state index in [-0.39, 0.29) is 11.8 Å². The van der Waals surface area contributed by atoms with Crippen LogP contribution in [0.25, 0.3) is 11.2 Å². The minimum absolute atomic E-state index is 0.00543. The van der Waals surface area contributed by atoms with E-state index in [2.05, 4.69) is 19.5 Å². The molecular weight excluding hydrogens is 378 g/mol. The van der Waals surface area contributed by atoms with Gasteiger partial charge in [-0.1, -0.05) is 18.9 Å². The average molecular weight is 406 g/mol. The van der Waals surface area contributed by atoms with Crippen molar-refractivity contribution in [3.63, 3.8) is 0 Å². The van der Waals surface area contributed by atoms with Crippen LogP contribution in [0.3, 0.4) is 0 Å². The van der Waals surface area contributed by atoms with Crippen LogP contribution in [0.5, 0.6) is 0 Å². The summed E-state index contributed by atoms with van der Waals surface area (Å²) in [6.07, 6.45) is 12.9. The van der Waals surface area contributed by atoms with E-state index in [0.29, 0.717) is 24.7 Å². The molecule has 4 heterocycles. The second kappa shape index (κ2) is 8.14. The highest BCUT2D eigenvalue weighted by Crippen LogP contribution is 2.32. The molecule has 2 aliphatic rings. The maximum atomic E-state index is 13.0. The van der Waals surface area contributed by atoms with Gasteiger partial charge in [-0.25, -0.2) is 9.97 Å². The van der Waals surface area contributed by atoms with Crippen LogP contribution in [-0.4, -0.2) is 48.5 Å². The van der Waals surface area contributed by atoms with Gasteiger partial charge in [0.15, 0.2) is 5.65 Å². The number of rotatable bonds is 4. The summed E-state index contributed by atoms with van der Waals surface area (Å²) in [7, 11) is 0. The molecule has 0 radical (unpaired) electrons. The van der Waals surface area contributed by atoms with Crippen molar-refractivity contribution in [1.29, 1.82) is 0 Å². The number of aliphatic hydroxyl groups is 1. The Morgan fingerprint density at radius 1 is 1.10 bits per heavy atom. The first-order valence-corrected chi connectivity index (χ1v) is 10.9. The molecule has 0 aromatic carbocycles. The number of pyridine rings is 2. The fourth-order valence-electron chi connectivity index (χ4n) is 4.91. The van der Waals surface area contributed by atoms with Gasteiger partial charge < -0.3 is 14.6 Å². The average Bonchev–Trinajstić information content (AvgIpc) is 3.48. The Labute approximate surface area is 175 Å². The van der Waals surface area contributed by atoms with Crippen molar-refractivity contribution in [2.75, 3.05) is 13.1 Å². The van der Waals surface area contributed by atoms with E-state index in [1.807, 2.05) is 29.4 Å². The molecule has 156 valence electrons. The standard InChI is InChI=1S/C23H27N5O2/c29-21(17-4-3-9-24-13-17)16-7-10-27(11-8-16)23(30)18-12-20-22(25-14-18)28(15-26-20)19-5-1-2-6-19/h3-4,9,12-16,19,21,29H,1-2,5-8,10-11H2. The Kier molecular flexibility index (Phi) is 5.21. The van der Waals surface area contributed by atoms with Crippen LogP contribution in [0, 0.1) is 5.92 Å². The number of hydrogen-bond donors (Lipinski definition) is 1. The summed E-state index contributed by atoms with van der Waals surface area (Å²) in [5, 5.41) is 10.6. The Balaban J connectivity index is 1.26. The highest BCUT2D eigenvalue weighted by atomic mass is 16.3. The van der Waals surface area contributed by atoms with E-state index >= 15 is 0 Å². The number of amides is 1. The lowest BCUT2D eigenvalue weighted by Gasteiger charge is -2.34. The summed E-state index contributed by atoms with van der Waals surface area (Å²) < 4.78 is 2.17. The predicted molar refractivity (Wildman–Crippen MR) is 113 cm³/mol. The largest absolute Gasteiger partial charge is 0.388 e. The highest BCUT2D eigenvalue weighted by molar-refractivity contribution is 5.96. The number of piperidine rings is 1. The molecule has 7 nitrogen and oxygen atoms in total. The van der Waals surface area contributed by atoms with Gasteiger partial charge in [-0.3, -0.25) is 9.78 Å². The lowest BCUT2D eigenvalue weighted by Crippen LogP contribution is -2.39. The number of carbonyl (C=O) groups excluding carboxylic acids is 1. The zero-order chi connectivity index (χ0) is 20.5. The number of aliphatic hydroxyl groups excluding tert-OH is 1. The summed E-state index contributed by atoms with van der Waals surface area (Å²) >= 11 is 0. The smallest absolute Gasteiger partial charge is 0.255 e. The Hall–Kier alpha value is -2.80. The molecule has 1 N–H and O–H groups in total. The lowest BCUT2D eigenvalue weighted by atomic mass is 9.88. The molecule has 5 rings (SSSR count). The van der Waals surface area contributed by atoms with E-state index in [0.717, 1.165) is 29.6 Å². The van der Waals surface area contributed by atoms with Crippen LogP contribution in [-0.2, 0) is 0 Å². The molecule has 2 fully saturated rings. The number of aromatic nitrogens is 4. The number of imidazole rings is 1. The zero-order valence-corrected chi connectivity index (χ0v) is 17.0. The minimum atomic E-state index is -0.534. The number of fused-ring (bicyclic) bond motifs is 1. The first-order valence-electron chi connectivity index (χ1n) is 10.9. The molecule has 1 aliphatic carbocycles. The molecule has 1 saturated heterocycles.